The summed E-state index contributed by atoms with van der Waals surface area (Å²) in [7, 11) is 3.83. The van der Waals surface area contributed by atoms with Crippen LogP contribution in [0.1, 0.15) is 0 Å². The fourth-order valence-electron chi connectivity index (χ4n) is 2.11. The van der Waals surface area contributed by atoms with Crippen molar-refractivity contribution in [1.82, 2.24) is 14.9 Å². The van der Waals surface area contributed by atoms with E-state index in [0.29, 0.717) is 5.11 Å². The first kappa shape index (κ1) is 12.7. The van der Waals surface area contributed by atoms with Gasteiger partial charge in [-0.15, -0.1) is 0 Å². The molecule has 0 radical (unpaired) electrons. The fraction of sp³-hybridized carbons (Fsp3) is 0.133. The van der Waals surface area contributed by atoms with Gasteiger partial charge < -0.3 is 10.2 Å². The fourth-order valence-corrected chi connectivity index (χ4v) is 2.22. The van der Waals surface area contributed by atoms with Crippen LogP contribution in [0.4, 0.5) is 5.69 Å². The highest BCUT2D eigenvalue weighted by molar-refractivity contribution is 7.80. The average molecular weight is 282 g/mol. The van der Waals surface area contributed by atoms with Crippen LogP contribution >= 0.6 is 12.2 Å². The molecule has 1 N–H and O–H groups in total. The van der Waals surface area contributed by atoms with E-state index in [1.807, 2.05) is 43.3 Å². The van der Waals surface area contributed by atoms with Crippen LogP contribution in [0.5, 0.6) is 0 Å². The molecule has 0 aliphatic carbocycles. The second-order valence-corrected chi connectivity index (χ2v) is 5.11. The first-order valence-electron chi connectivity index (χ1n) is 6.27. The number of anilines is 1. The molecule has 0 bridgehead atoms. The summed E-state index contributed by atoms with van der Waals surface area (Å²) < 4.78 is 0. The Hall–Kier alpha value is -2.27. The topological polar surface area (TPSA) is 41.0 Å². The van der Waals surface area contributed by atoms with Gasteiger partial charge in [0.2, 0.25) is 0 Å². The van der Waals surface area contributed by atoms with E-state index in [0.717, 1.165) is 27.5 Å². The maximum atomic E-state index is 5.32. The van der Waals surface area contributed by atoms with Gasteiger partial charge in [-0.1, -0.05) is 6.07 Å². The highest BCUT2D eigenvalue weighted by Crippen LogP contribution is 2.29. The molecule has 0 atom stereocenters. The Bertz CT molecular complexity index is 798. The molecule has 2 heterocycles. The molecular formula is C15H14N4S. The molecule has 4 nitrogen and oxygen atoms in total. The van der Waals surface area contributed by atoms with Gasteiger partial charge in [0.05, 0.1) is 16.7 Å². The van der Waals surface area contributed by atoms with Gasteiger partial charge in [0, 0.05) is 37.3 Å². The van der Waals surface area contributed by atoms with Crippen molar-refractivity contribution in [2.24, 2.45) is 0 Å². The monoisotopic (exact) mass is 282 g/mol. The highest BCUT2D eigenvalue weighted by Gasteiger charge is 2.09. The standard InChI is InChI=1S/C15H14N4S/c1-19(2)15(20)18-12-9-10-5-3-7-16-13(10)14-11(12)6-4-8-17-14/h3-9H,1-2H3,(H,18,20). The zero-order valence-corrected chi connectivity index (χ0v) is 12.1. The number of hydrogen-bond donors (Lipinski definition) is 1. The Labute approximate surface area is 122 Å². The van der Waals surface area contributed by atoms with Gasteiger partial charge >= 0.3 is 0 Å². The zero-order chi connectivity index (χ0) is 14.1. The van der Waals surface area contributed by atoms with Crippen molar-refractivity contribution in [3.8, 4) is 0 Å². The van der Waals surface area contributed by atoms with Crippen LogP contribution in [0.2, 0.25) is 0 Å². The van der Waals surface area contributed by atoms with E-state index in [1.54, 1.807) is 12.4 Å². The number of pyridine rings is 2. The third-order valence-corrected chi connectivity index (χ3v) is 3.58. The van der Waals surface area contributed by atoms with Crippen LogP contribution in [0.3, 0.4) is 0 Å². The van der Waals surface area contributed by atoms with E-state index in [1.165, 1.54) is 0 Å². The molecule has 0 saturated heterocycles. The number of aromatic nitrogens is 2. The number of rotatable bonds is 1. The predicted octanol–water partition coefficient (Wildman–Crippen LogP) is 3.04. The van der Waals surface area contributed by atoms with Crippen molar-refractivity contribution in [3.63, 3.8) is 0 Å². The second-order valence-electron chi connectivity index (χ2n) is 4.72. The lowest BCUT2D eigenvalue weighted by Gasteiger charge is -2.17. The lowest BCUT2D eigenvalue weighted by molar-refractivity contribution is 0.634. The normalized spacial score (nSPS) is 10.7. The first-order valence-corrected chi connectivity index (χ1v) is 6.68. The van der Waals surface area contributed by atoms with Crippen LogP contribution in [0.25, 0.3) is 21.8 Å². The van der Waals surface area contributed by atoms with Crippen LogP contribution in [-0.4, -0.2) is 34.1 Å². The molecule has 0 saturated carbocycles. The number of nitrogens with one attached hydrogen (secondary N) is 1. The van der Waals surface area contributed by atoms with Crippen LogP contribution < -0.4 is 5.32 Å². The number of nitrogens with zero attached hydrogens (tertiary/aromatic N) is 3. The van der Waals surface area contributed by atoms with Crippen molar-refractivity contribution in [2.45, 2.75) is 0 Å². The van der Waals surface area contributed by atoms with Crippen LogP contribution in [0, 0.1) is 0 Å². The number of fused-ring (bicyclic) bond motifs is 3. The van der Waals surface area contributed by atoms with E-state index in [9.17, 15) is 0 Å². The minimum absolute atomic E-state index is 0.665. The Kier molecular flexibility index (Phi) is 3.20. The minimum Gasteiger partial charge on any atom is -0.355 e. The maximum Gasteiger partial charge on any atom is 0.172 e. The molecule has 0 amide bonds. The zero-order valence-electron chi connectivity index (χ0n) is 11.3. The SMILES string of the molecule is CN(C)C(=S)Nc1cc2cccnc2c2ncccc12. The van der Waals surface area contributed by atoms with Crippen molar-refractivity contribution in [1.29, 1.82) is 0 Å². The third kappa shape index (κ3) is 2.16. The smallest absolute Gasteiger partial charge is 0.172 e. The molecule has 0 spiro atoms. The van der Waals surface area contributed by atoms with E-state index < -0.39 is 0 Å². The molecular weight excluding hydrogens is 268 g/mol. The van der Waals surface area contributed by atoms with Gasteiger partial charge in [0.25, 0.3) is 0 Å². The van der Waals surface area contributed by atoms with E-state index >= 15 is 0 Å². The van der Waals surface area contributed by atoms with Crippen LogP contribution in [-0.2, 0) is 0 Å². The molecule has 3 aromatic rings. The van der Waals surface area contributed by atoms with E-state index in [-0.39, 0.29) is 0 Å². The highest BCUT2D eigenvalue weighted by atomic mass is 32.1. The van der Waals surface area contributed by atoms with Gasteiger partial charge in [-0.2, -0.15) is 0 Å². The summed E-state index contributed by atoms with van der Waals surface area (Å²) in [5, 5.41) is 5.99. The average Bonchev–Trinajstić information content (AvgIpc) is 2.47. The second kappa shape index (κ2) is 5.02. The Morgan fingerprint density at radius 1 is 1.10 bits per heavy atom. The predicted molar refractivity (Wildman–Crippen MR) is 87.0 cm³/mol. The molecule has 3 rings (SSSR count). The number of hydrogen-bond acceptors (Lipinski definition) is 3. The largest absolute Gasteiger partial charge is 0.355 e. The molecule has 5 heteroatoms. The molecule has 0 unspecified atom stereocenters. The van der Waals surface area contributed by atoms with Crippen molar-refractivity contribution in [2.75, 3.05) is 19.4 Å². The molecule has 0 fully saturated rings. The van der Waals surface area contributed by atoms with Gasteiger partial charge in [-0.3, -0.25) is 9.97 Å². The number of thiocarbonyl (C=S) groups is 1. The van der Waals surface area contributed by atoms with Gasteiger partial charge in [0.15, 0.2) is 5.11 Å². The third-order valence-electron chi connectivity index (χ3n) is 3.11. The van der Waals surface area contributed by atoms with E-state index in [4.69, 9.17) is 12.2 Å². The molecule has 0 aliphatic heterocycles. The Balaban J connectivity index is 2.26. The van der Waals surface area contributed by atoms with Crippen molar-refractivity contribution >= 4 is 44.8 Å². The molecule has 0 aliphatic rings. The Morgan fingerprint density at radius 3 is 2.55 bits per heavy atom. The summed E-state index contributed by atoms with van der Waals surface area (Å²) in [5.41, 5.74) is 2.74. The lowest BCUT2D eigenvalue weighted by Crippen LogP contribution is -2.27. The van der Waals surface area contributed by atoms with E-state index in [2.05, 4.69) is 21.4 Å². The summed E-state index contributed by atoms with van der Waals surface area (Å²) in [6.07, 6.45) is 3.57. The van der Waals surface area contributed by atoms with Crippen molar-refractivity contribution < 1.29 is 0 Å². The molecule has 100 valence electrons. The summed E-state index contributed by atoms with van der Waals surface area (Å²) in [5.74, 6) is 0. The lowest BCUT2D eigenvalue weighted by atomic mass is 10.1. The van der Waals surface area contributed by atoms with Gasteiger partial charge in [0.1, 0.15) is 0 Å². The van der Waals surface area contributed by atoms with Crippen LogP contribution in [0.15, 0.2) is 42.7 Å². The minimum atomic E-state index is 0.665. The van der Waals surface area contributed by atoms with Gasteiger partial charge in [-0.05, 0) is 36.5 Å². The van der Waals surface area contributed by atoms with Crippen molar-refractivity contribution in [3.05, 3.63) is 42.7 Å². The van der Waals surface area contributed by atoms with Gasteiger partial charge in [-0.25, -0.2) is 0 Å². The summed E-state index contributed by atoms with van der Waals surface area (Å²) >= 11 is 5.32. The molecule has 1 aromatic carbocycles. The summed E-state index contributed by atoms with van der Waals surface area (Å²) in [6, 6.07) is 9.95. The summed E-state index contributed by atoms with van der Waals surface area (Å²) in [6.45, 7) is 0. The molecule has 2 aromatic heterocycles. The Morgan fingerprint density at radius 2 is 1.80 bits per heavy atom. The first-order chi connectivity index (χ1) is 9.66. The number of benzene rings is 1. The maximum absolute atomic E-state index is 5.32. The quantitative estimate of drug-likeness (QED) is 0.549. The molecule has 20 heavy (non-hydrogen) atoms. The summed E-state index contributed by atoms with van der Waals surface area (Å²) in [4.78, 5) is 10.8.